The summed E-state index contributed by atoms with van der Waals surface area (Å²) in [7, 11) is 0. The third-order valence-corrected chi connectivity index (χ3v) is 3.56. The van der Waals surface area contributed by atoms with Gasteiger partial charge in [0.2, 0.25) is 5.91 Å². The Labute approximate surface area is 106 Å². The molecular formula is C14H28N2O. The largest absolute Gasteiger partial charge is 0.355 e. The van der Waals surface area contributed by atoms with Crippen LogP contribution in [0.2, 0.25) is 0 Å². The molecule has 0 saturated heterocycles. The van der Waals surface area contributed by atoms with Crippen LogP contribution in [0.15, 0.2) is 0 Å². The van der Waals surface area contributed by atoms with Crippen molar-refractivity contribution in [1.82, 2.24) is 5.32 Å². The van der Waals surface area contributed by atoms with Crippen molar-refractivity contribution in [3.8, 4) is 0 Å². The van der Waals surface area contributed by atoms with Crippen LogP contribution >= 0.6 is 0 Å². The minimum Gasteiger partial charge on any atom is -0.355 e. The van der Waals surface area contributed by atoms with Gasteiger partial charge in [0.05, 0.1) is 5.54 Å². The average molecular weight is 240 g/mol. The molecule has 0 aromatic rings. The van der Waals surface area contributed by atoms with Crippen LogP contribution in [0.5, 0.6) is 0 Å². The SMILES string of the molecule is CCCCCCCCCCNC(=O)C1(N)CC1. The molecule has 17 heavy (non-hydrogen) atoms. The molecule has 3 heteroatoms. The van der Waals surface area contributed by atoms with Crippen molar-refractivity contribution in [2.45, 2.75) is 76.7 Å². The molecule has 0 bridgehead atoms. The lowest BCUT2D eigenvalue weighted by Gasteiger charge is -2.09. The van der Waals surface area contributed by atoms with Crippen molar-refractivity contribution in [1.29, 1.82) is 0 Å². The highest BCUT2D eigenvalue weighted by atomic mass is 16.2. The molecule has 0 radical (unpaired) electrons. The summed E-state index contributed by atoms with van der Waals surface area (Å²) < 4.78 is 0. The smallest absolute Gasteiger partial charge is 0.240 e. The van der Waals surface area contributed by atoms with E-state index >= 15 is 0 Å². The van der Waals surface area contributed by atoms with E-state index in [1.54, 1.807) is 0 Å². The third kappa shape index (κ3) is 6.06. The number of hydrogen-bond acceptors (Lipinski definition) is 2. The Balaban J connectivity index is 1.80. The van der Waals surface area contributed by atoms with E-state index in [1.165, 1.54) is 44.9 Å². The summed E-state index contributed by atoms with van der Waals surface area (Å²) in [4.78, 5) is 11.5. The molecule has 0 aromatic heterocycles. The predicted molar refractivity (Wildman–Crippen MR) is 71.8 cm³/mol. The number of carbonyl (C=O) groups excluding carboxylic acids is 1. The lowest BCUT2D eigenvalue weighted by Crippen LogP contribution is -2.42. The first-order valence-electron chi connectivity index (χ1n) is 7.26. The van der Waals surface area contributed by atoms with Crippen LogP contribution in [0.1, 0.15) is 71.1 Å². The number of nitrogens with one attached hydrogen (secondary N) is 1. The highest BCUT2D eigenvalue weighted by Gasteiger charge is 2.45. The summed E-state index contributed by atoms with van der Waals surface area (Å²) in [5.74, 6) is 0.0560. The molecule has 1 saturated carbocycles. The summed E-state index contributed by atoms with van der Waals surface area (Å²) in [6.45, 7) is 3.04. The van der Waals surface area contributed by atoms with Crippen molar-refractivity contribution in [2.24, 2.45) is 5.73 Å². The van der Waals surface area contributed by atoms with Crippen molar-refractivity contribution in [2.75, 3.05) is 6.54 Å². The first-order valence-corrected chi connectivity index (χ1v) is 7.26. The highest BCUT2D eigenvalue weighted by molar-refractivity contribution is 5.88. The van der Waals surface area contributed by atoms with Gasteiger partial charge >= 0.3 is 0 Å². The molecule has 1 amide bonds. The zero-order chi connectivity index (χ0) is 12.6. The number of carbonyl (C=O) groups is 1. The molecule has 0 aromatic carbocycles. The highest BCUT2D eigenvalue weighted by Crippen LogP contribution is 2.31. The number of hydrogen-bond donors (Lipinski definition) is 2. The summed E-state index contributed by atoms with van der Waals surface area (Å²) in [5.41, 5.74) is 5.29. The van der Waals surface area contributed by atoms with Gasteiger partial charge in [0, 0.05) is 6.54 Å². The summed E-state index contributed by atoms with van der Waals surface area (Å²) in [5, 5.41) is 2.93. The van der Waals surface area contributed by atoms with Gasteiger partial charge in [0.25, 0.3) is 0 Å². The molecule has 100 valence electrons. The predicted octanol–water partition coefficient (Wildman–Crippen LogP) is 2.73. The Hall–Kier alpha value is -0.570. The van der Waals surface area contributed by atoms with Gasteiger partial charge in [0.15, 0.2) is 0 Å². The topological polar surface area (TPSA) is 55.1 Å². The van der Waals surface area contributed by atoms with E-state index in [9.17, 15) is 4.79 Å². The fraction of sp³-hybridized carbons (Fsp3) is 0.929. The first kappa shape index (κ1) is 14.5. The van der Waals surface area contributed by atoms with E-state index in [2.05, 4.69) is 12.2 Å². The first-order chi connectivity index (χ1) is 8.19. The Bertz CT molecular complexity index is 224. The Morgan fingerprint density at radius 2 is 1.59 bits per heavy atom. The summed E-state index contributed by atoms with van der Waals surface area (Å²) in [6, 6.07) is 0. The van der Waals surface area contributed by atoms with Gasteiger partial charge in [-0.05, 0) is 19.3 Å². The zero-order valence-corrected chi connectivity index (χ0v) is 11.3. The van der Waals surface area contributed by atoms with E-state index in [-0.39, 0.29) is 5.91 Å². The molecule has 1 aliphatic rings. The molecule has 1 fully saturated rings. The third-order valence-electron chi connectivity index (χ3n) is 3.56. The minimum absolute atomic E-state index is 0.0560. The van der Waals surface area contributed by atoms with E-state index in [1.807, 2.05) is 0 Å². The Morgan fingerprint density at radius 1 is 1.06 bits per heavy atom. The molecule has 0 unspecified atom stereocenters. The average Bonchev–Trinajstić information content (AvgIpc) is 3.06. The maximum absolute atomic E-state index is 11.5. The van der Waals surface area contributed by atoms with Crippen molar-refractivity contribution in [3.05, 3.63) is 0 Å². The fourth-order valence-electron chi connectivity index (χ4n) is 2.00. The molecule has 0 aliphatic heterocycles. The maximum Gasteiger partial charge on any atom is 0.240 e. The van der Waals surface area contributed by atoms with Gasteiger partial charge in [0.1, 0.15) is 0 Å². The normalized spacial score (nSPS) is 16.8. The lowest BCUT2D eigenvalue weighted by atomic mass is 10.1. The van der Waals surface area contributed by atoms with Gasteiger partial charge in [-0.15, -0.1) is 0 Å². The molecule has 1 aliphatic carbocycles. The van der Waals surface area contributed by atoms with Crippen LogP contribution < -0.4 is 11.1 Å². The van der Waals surface area contributed by atoms with Crippen molar-refractivity contribution < 1.29 is 4.79 Å². The lowest BCUT2D eigenvalue weighted by molar-refractivity contribution is -0.123. The van der Waals surface area contributed by atoms with Gasteiger partial charge in [-0.2, -0.15) is 0 Å². The van der Waals surface area contributed by atoms with Crippen LogP contribution in [0, 0.1) is 0 Å². The van der Waals surface area contributed by atoms with Gasteiger partial charge in [-0.25, -0.2) is 0 Å². The number of rotatable bonds is 10. The van der Waals surface area contributed by atoms with E-state index < -0.39 is 5.54 Å². The number of unbranched alkanes of at least 4 members (excludes halogenated alkanes) is 7. The molecule has 3 nitrogen and oxygen atoms in total. The van der Waals surface area contributed by atoms with E-state index in [0.29, 0.717) is 0 Å². The van der Waals surface area contributed by atoms with Crippen LogP contribution in [-0.4, -0.2) is 18.0 Å². The van der Waals surface area contributed by atoms with Crippen LogP contribution in [0.3, 0.4) is 0 Å². The van der Waals surface area contributed by atoms with Crippen LogP contribution in [0.25, 0.3) is 0 Å². The summed E-state index contributed by atoms with van der Waals surface area (Å²) in [6.07, 6.45) is 12.1. The number of amides is 1. The second kappa shape index (κ2) is 7.70. The van der Waals surface area contributed by atoms with Crippen LogP contribution in [-0.2, 0) is 4.79 Å². The minimum atomic E-state index is -0.500. The van der Waals surface area contributed by atoms with Gasteiger partial charge in [-0.1, -0.05) is 51.9 Å². The van der Waals surface area contributed by atoms with Crippen LogP contribution in [0.4, 0.5) is 0 Å². The second-order valence-electron chi connectivity index (χ2n) is 5.39. The van der Waals surface area contributed by atoms with E-state index in [0.717, 1.165) is 25.8 Å². The molecule has 1 rings (SSSR count). The van der Waals surface area contributed by atoms with Crippen molar-refractivity contribution in [3.63, 3.8) is 0 Å². The molecule has 3 N–H and O–H groups in total. The quantitative estimate of drug-likeness (QED) is 0.577. The van der Waals surface area contributed by atoms with Crippen molar-refractivity contribution >= 4 is 5.91 Å². The molecule has 0 heterocycles. The number of nitrogens with two attached hydrogens (primary N) is 1. The monoisotopic (exact) mass is 240 g/mol. The Morgan fingerprint density at radius 3 is 2.12 bits per heavy atom. The fourth-order valence-corrected chi connectivity index (χ4v) is 2.00. The summed E-state index contributed by atoms with van der Waals surface area (Å²) >= 11 is 0. The molecule has 0 spiro atoms. The zero-order valence-electron chi connectivity index (χ0n) is 11.3. The van der Waals surface area contributed by atoms with Gasteiger partial charge < -0.3 is 11.1 Å². The van der Waals surface area contributed by atoms with E-state index in [4.69, 9.17) is 5.73 Å². The second-order valence-corrected chi connectivity index (χ2v) is 5.39. The molecule has 0 atom stereocenters. The van der Waals surface area contributed by atoms with Gasteiger partial charge in [-0.3, -0.25) is 4.79 Å². The standard InChI is InChI=1S/C14H28N2O/c1-2-3-4-5-6-7-8-9-12-16-13(17)14(15)10-11-14/h2-12,15H2,1H3,(H,16,17). The maximum atomic E-state index is 11.5. The Kier molecular flexibility index (Phi) is 6.56. The molecular weight excluding hydrogens is 212 g/mol.